The van der Waals surface area contributed by atoms with Gasteiger partial charge in [0.1, 0.15) is 11.8 Å². The summed E-state index contributed by atoms with van der Waals surface area (Å²) in [6.45, 7) is 1.65. The largest absolute Gasteiger partial charge is 0.482 e. The van der Waals surface area contributed by atoms with Crippen molar-refractivity contribution >= 4 is 27.6 Å². The van der Waals surface area contributed by atoms with Gasteiger partial charge in [-0.15, -0.1) is 0 Å². The van der Waals surface area contributed by atoms with Crippen LogP contribution in [0.5, 0.6) is 5.75 Å². The highest BCUT2D eigenvalue weighted by atomic mass is 32.2. The number of nitrogens with zero attached hydrogens (tertiary/aromatic N) is 1. The van der Waals surface area contributed by atoms with Gasteiger partial charge in [0.25, 0.3) is 0 Å². The van der Waals surface area contributed by atoms with Gasteiger partial charge in [-0.3, -0.25) is 4.79 Å². The average Bonchev–Trinajstić information content (AvgIpc) is 3.04. The molecule has 25 heavy (non-hydrogen) atoms. The van der Waals surface area contributed by atoms with Crippen LogP contribution in [0.4, 0.5) is 5.69 Å². The third-order valence-corrected chi connectivity index (χ3v) is 5.87. The summed E-state index contributed by atoms with van der Waals surface area (Å²) in [5.41, 5.74) is 0.424. The van der Waals surface area contributed by atoms with Crippen molar-refractivity contribution in [1.82, 2.24) is 4.31 Å². The number of benzene rings is 1. The van der Waals surface area contributed by atoms with Gasteiger partial charge in [0, 0.05) is 18.3 Å². The molecular weight excluding hydrogens is 348 g/mol. The van der Waals surface area contributed by atoms with Crippen LogP contribution in [0.25, 0.3) is 0 Å². The normalized spacial score (nSPS) is 18.0. The molecule has 0 aliphatic carbocycles. The maximum atomic E-state index is 12.5. The molecule has 2 N–H and O–H groups in total. The van der Waals surface area contributed by atoms with Crippen molar-refractivity contribution in [1.29, 1.82) is 0 Å². The Morgan fingerprint density at radius 2 is 2.16 bits per heavy atom. The molecule has 0 aromatic heterocycles. The summed E-state index contributed by atoms with van der Waals surface area (Å²) < 4.78 is 30.9. The van der Waals surface area contributed by atoms with Gasteiger partial charge in [0.15, 0.2) is 6.61 Å². The lowest BCUT2D eigenvalue weighted by Gasteiger charge is -2.23. The number of carboxylic acids is 1. The van der Waals surface area contributed by atoms with E-state index in [-0.39, 0.29) is 5.75 Å². The van der Waals surface area contributed by atoms with Crippen molar-refractivity contribution in [2.75, 3.05) is 24.2 Å². The second-order valence-corrected chi connectivity index (χ2v) is 7.83. The number of sulfonamides is 1. The first-order valence-electron chi connectivity index (χ1n) is 8.08. The zero-order chi connectivity index (χ0) is 18.4. The van der Waals surface area contributed by atoms with Gasteiger partial charge in [0.2, 0.25) is 15.9 Å². The third-order valence-electron chi connectivity index (χ3n) is 3.79. The zero-order valence-corrected chi connectivity index (χ0v) is 14.8. The summed E-state index contributed by atoms with van der Waals surface area (Å²) in [4.78, 5) is 23.0. The Morgan fingerprint density at radius 3 is 2.84 bits per heavy atom. The van der Waals surface area contributed by atoms with Crippen molar-refractivity contribution in [3.63, 3.8) is 0 Å². The molecule has 2 rings (SSSR count). The second kappa shape index (κ2) is 8.30. The van der Waals surface area contributed by atoms with Gasteiger partial charge in [-0.1, -0.05) is 13.0 Å². The number of ether oxygens (including phenoxy) is 1. The number of carbonyl (C=O) groups is 2. The molecule has 1 saturated heterocycles. The number of hydrogen-bond donors (Lipinski definition) is 2. The van der Waals surface area contributed by atoms with E-state index in [1.807, 2.05) is 0 Å². The second-order valence-electron chi connectivity index (χ2n) is 5.78. The minimum atomic E-state index is -3.44. The molecule has 1 aromatic rings. The lowest BCUT2D eigenvalue weighted by Crippen LogP contribution is -2.44. The molecule has 0 saturated carbocycles. The van der Waals surface area contributed by atoms with Crippen molar-refractivity contribution in [3.8, 4) is 5.75 Å². The molecule has 1 aliphatic rings. The SMILES string of the molecule is CCCS(=O)(=O)N1CCCC1C(=O)Nc1cccc(OCC(=O)O)c1. The van der Waals surface area contributed by atoms with Gasteiger partial charge in [-0.05, 0) is 31.4 Å². The van der Waals surface area contributed by atoms with E-state index in [2.05, 4.69) is 5.32 Å². The standard InChI is InChI=1S/C16H22N2O6S/c1-2-9-25(22,23)18-8-4-7-14(18)16(21)17-12-5-3-6-13(10-12)24-11-15(19)20/h3,5-6,10,14H,2,4,7-9,11H2,1H3,(H,17,21)(H,19,20). The van der Waals surface area contributed by atoms with Crippen LogP contribution >= 0.6 is 0 Å². The summed E-state index contributed by atoms with van der Waals surface area (Å²) in [6, 6.07) is 5.60. The van der Waals surface area contributed by atoms with E-state index in [9.17, 15) is 18.0 Å². The Labute approximate surface area is 146 Å². The third kappa shape index (κ3) is 5.17. The topological polar surface area (TPSA) is 113 Å². The molecule has 1 fully saturated rings. The summed E-state index contributed by atoms with van der Waals surface area (Å²) in [5.74, 6) is -1.17. The van der Waals surface area contributed by atoms with Crippen molar-refractivity contribution < 1.29 is 27.9 Å². The number of rotatable bonds is 8. The number of anilines is 1. The van der Waals surface area contributed by atoms with Gasteiger partial charge < -0.3 is 15.2 Å². The lowest BCUT2D eigenvalue weighted by atomic mass is 10.2. The van der Waals surface area contributed by atoms with E-state index in [1.165, 1.54) is 10.4 Å². The fourth-order valence-corrected chi connectivity index (χ4v) is 4.49. The number of carbonyl (C=O) groups excluding carboxylic acids is 1. The van der Waals surface area contributed by atoms with Crippen LogP contribution in [-0.2, 0) is 19.6 Å². The number of nitrogens with one attached hydrogen (secondary N) is 1. The Kier molecular flexibility index (Phi) is 6.38. The molecule has 1 atom stereocenters. The molecule has 0 bridgehead atoms. The van der Waals surface area contributed by atoms with Crippen LogP contribution in [0.3, 0.4) is 0 Å². The summed E-state index contributed by atoms with van der Waals surface area (Å²) in [7, 11) is -3.44. The average molecular weight is 370 g/mol. The number of amides is 1. The number of hydrogen-bond acceptors (Lipinski definition) is 5. The van der Waals surface area contributed by atoms with Crippen LogP contribution in [0.15, 0.2) is 24.3 Å². The van der Waals surface area contributed by atoms with Crippen molar-refractivity contribution in [2.45, 2.75) is 32.2 Å². The van der Waals surface area contributed by atoms with Crippen molar-refractivity contribution in [3.05, 3.63) is 24.3 Å². The Balaban J connectivity index is 2.06. The van der Waals surface area contributed by atoms with E-state index in [4.69, 9.17) is 9.84 Å². The summed E-state index contributed by atoms with van der Waals surface area (Å²) in [5, 5.41) is 11.3. The van der Waals surface area contributed by atoms with Crippen molar-refractivity contribution in [2.24, 2.45) is 0 Å². The van der Waals surface area contributed by atoms with E-state index in [0.717, 1.165) is 0 Å². The summed E-state index contributed by atoms with van der Waals surface area (Å²) >= 11 is 0. The fourth-order valence-electron chi connectivity index (χ4n) is 2.74. The van der Waals surface area contributed by atoms with Gasteiger partial charge >= 0.3 is 5.97 Å². The molecule has 0 radical (unpaired) electrons. The molecule has 1 unspecified atom stereocenters. The summed E-state index contributed by atoms with van der Waals surface area (Å²) in [6.07, 6.45) is 1.61. The molecular formula is C16H22N2O6S. The molecule has 1 amide bonds. The van der Waals surface area contributed by atoms with Gasteiger partial charge in [-0.2, -0.15) is 4.31 Å². The van der Waals surface area contributed by atoms with Crippen LogP contribution < -0.4 is 10.1 Å². The predicted octanol–water partition coefficient (Wildman–Crippen LogP) is 1.29. The minimum Gasteiger partial charge on any atom is -0.482 e. The first-order valence-corrected chi connectivity index (χ1v) is 9.69. The van der Waals surface area contributed by atoms with Crippen LogP contribution in [0.2, 0.25) is 0 Å². The highest BCUT2D eigenvalue weighted by molar-refractivity contribution is 7.89. The molecule has 1 aromatic carbocycles. The van der Waals surface area contributed by atoms with Crippen LogP contribution in [-0.4, -0.2) is 54.7 Å². The molecule has 9 heteroatoms. The first kappa shape index (κ1) is 19.2. The zero-order valence-electron chi connectivity index (χ0n) is 14.0. The van der Waals surface area contributed by atoms with E-state index in [1.54, 1.807) is 25.1 Å². The Bertz CT molecular complexity index is 734. The highest BCUT2D eigenvalue weighted by Crippen LogP contribution is 2.24. The lowest BCUT2D eigenvalue weighted by molar-refractivity contribution is -0.139. The Morgan fingerprint density at radius 1 is 1.40 bits per heavy atom. The number of aliphatic carboxylic acids is 1. The van der Waals surface area contributed by atoms with E-state index < -0.39 is 34.5 Å². The molecule has 138 valence electrons. The predicted molar refractivity (Wildman–Crippen MR) is 92.0 cm³/mol. The smallest absolute Gasteiger partial charge is 0.341 e. The van der Waals surface area contributed by atoms with Gasteiger partial charge in [0.05, 0.1) is 5.75 Å². The van der Waals surface area contributed by atoms with Crippen LogP contribution in [0.1, 0.15) is 26.2 Å². The maximum absolute atomic E-state index is 12.5. The molecule has 1 heterocycles. The highest BCUT2D eigenvalue weighted by Gasteiger charge is 2.38. The number of carboxylic acid groups (broad SMARTS) is 1. The first-order chi connectivity index (χ1) is 11.8. The molecule has 1 aliphatic heterocycles. The van der Waals surface area contributed by atoms with Crippen LogP contribution in [0, 0.1) is 0 Å². The van der Waals surface area contributed by atoms with E-state index in [0.29, 0.717) is 37.2 Å². The maximum Gasteiger partial charge on any atom is 0.341 e. The minimum absolute atomic E-state index is 0.0231. The Hall–Kier alpha value is -2.13. The molecule has 8 nitrogen and oxygen atoms in total. The van der Waals surface area contributed by atoms with Gasteiger partial charge in [-0.25, -0.2) is 13.2 Å². The van der Waals surface area contributed by atoms with E-state index >= 15 is 0 Å². The fraction of sp³-hybridized carbons (Fsp3) is 0.500. The quantitative estimate of drug-likeness (QED) is 0.713. The monoisotopic (exact) mass is 370 g/mol. The molecule has 0 spiro atoms.